The van der Waals surface area contributed by atoms with E-state index < -0.39 is 30.0 Å². The van der Waals surface area contributed by atoms with E-state index in [1.807, 2.05) is 0 Å². The molecule has 0 radical (unpaired) electrons. The van der Waals surface area contributed by atoms with Gasteiger partial charge in [-0.1, -0.05) is 0 Å². The molecule has 1 aromatic rings. The van der Waals surface area contributed by atoms with E-state index in [9.17, 15) is 19.5 Å². The first kappa shape index (κ1) is 19.7. The Kier molecular flexibility index (Phi) is 5.32. The number of nitrogens with zero attached hydrogens (tertiary/aromatic N) is 1. The maximum atomic E-state index is 12.2. The molecule has 10 heteroatoms. The molecule has 3 N–H and O–H groups in total. The number of aliphatic hydroxyl groups is 1. The fraction of sp³-hybridized carbons (Fsp3) is 0.500. The summed E-state index contributed by atoms with van der Waals surface area (Å²) in [5.41, 5.74) is 0.290. The molecule has 3 amide bonds. The first-order valence-corrected chi connectivity index (χ1v) is 8.82. The van der Waals surface area contributed by atoms with Crippen molar-refractivity contribution in [2.45, 2.75) is 38.6 Å². The van der Waals surface area contributed by atoms with Gasteiger partial charge in [0, 0.05) is 5.69 Å². The summed E-state index contributed by atoms with van der Waals surface area (Å²) in [5.74, 6) is 0.226. The van der Waals surface area contributed by atoms with Crippen molar-refractivity contribution in [3.05, 3.63) is 18.2 Å². The summed E-state index contributed by atoms with van der Waals surface area (Å²) in [7, 11) is 0. The van der Waals surface area contributed by atoms with E-state index in [2.05, 4.69) is 10.6 Å². The molecule has 0 aromatic heterocycles. The number of benzene rings is 1. The molecule has 0 saturated carbocycles. The van der Waals surface area contributed by atoms with E-state index in [1.54, 1.807) is 39.0 Å². The summed E-state index contributed by atoms with van der Waals surface area (Å²) in [5, 5.41) is 15.4. The van der Waals surface area contributed by atoms with E-state index in [0.717, 1.165) is 0 Å². The lowest BCUT2D eigenvalue weighted by Crippen LogP contribution is -2.42. The van der Waals surface area contributed by atoms with Crippen LogP contribution in [0.4, 0.5) is 21.0 Å². The molecule has 152 valence electrons. The van der Waals surface area contributed by atoms with E-state index in [0.29, 0.717) is 17.1 Å². The lowest BCUT2D eigenvalue weighted by atomic mass is 10.2. The predicted octanol–water partition coefficient (Wildman–Crippen LogP) is 1.23. The van der Waals surface area contributed by atoms with Crippen molar-refractivity contribution in [2.75, 3.05) is 29.9 Å². The lowest BCUT2D eigenvalue weighted by Gasteiger charge is -2.22. The summed E-state index contributed by atoms with van der Waals surface area (Å²) in [6.07, 6.45) is -3.24. The van der Waals surface area contributed by atoms with Gasteiger partial charge in [0.2, 0.25) is 0 Å². The van der Waals surface area contributed by atoms with E-state index in [4.69, 9.17) is 14.2 Å². The summed E-state index contributed by atoms with van der Waals surface area (Å²) in [6.45, 7) is 5.08. The second kappa shape index (κ2) is 7.55. The van der Waals surface area contributed by atoms with Crippen molar-refractivity contribution in [3.8, 4) is 5.75 Å². The lowest BCUT2D eigenvalue weighted by molar-refractivity contribution is -0.118. The molecule has 2 atom stereocenters. The van der Waals surface area contributed by atoms with Crippen LogP contribution in [-0.4, -0.2) is 60.7 Å². The van der Waals surface area contributed by atoms with Gasteiger partial charge in [-0.05, 0) is 39.0 Å². The molecule has 0 aliphatic carbocycles. The molecule has 2 aliphatic rings. The van der Waals surface area contributed by atoms with Gasteiger partial charge in [0.05, 0.1) is 18.8 Å². The highest BCUT2D eigenvalue weighted by molar-refractivity contribution is 5.97. The number of fused-ring (bicyclic) bond motifs is 1. The standard InChI is InChI=1S/C18H23N3O7/c1-18(2,3)28-16(24)19-7-12(22)14-8-21(17(25)27-14)10-4-5-13-11(6-10)20-15(23)9-26-13/h4-6,12,14,22H,7-9H2,1-3H3,(H,19,24)(H,20,23). The SMILES string of the molecule is CC(C)(C)OC(=O)NCC(O)C1CN(c2ccc3c(c2)NC(=O)CO3)C(=O)O1. The smallest absolute Gasteiger partial charge is 0.414 e. The topological polar surface area (TPSA) is 126 Å². The van der Waals surface area contributed by atoms with Crippen LogP contribution in [0.5, 0.6) is 5.75 Å². The normalized spacial score (nSPS) is 19.9. The van der Waals surface area contributed by atoms with Crippen LogP contribution in [0.2, 0.25) is 0 Å². The van der Waals surface area contributed by atoms with Crippen LogP contribution in [0, 0.1) is 0 Å². The minimum Gasteiger partial charge on any atom is -0.482 e. The van der Waals surface area contributed by atoms with Crippen LogP contribution in [0.25, 0.3) is 0 Å². The Hall–Kier alpha value is -3.01. The van der Waals surface area contributed by atoms with Crippen molar-refractivity contribution in [1.29, 1.82) is 0 Å². The van der Waals surface area contributed by atoms with Crippen LogP contribution >= 0.6 is 0 Å². The molecule has 1 fully saturated rings. The summed E-state index contributed by atoms with van der Waals surface area (Å²) in [6, 6.07) is 4.90. The van der Waals surface area contributed by atoms with Gasteiger partial charge in [-0.2, -0.15) is 0 Å². The number of nitrogens with one attached hydrogen (secondary N) is 2. The zero-order chi connectivity index (χ0) is 20.5. The van der Waals surface area contributed by atoms with Gasteiger partial charge in [0.25, 0.3) is 5.91 Å². The number of anilines is 2. The highest BCUT2D eigenvalue weighted by Crippen LogP contribution is 2.33. The van der Waals surface area contributed by atoms with Gasteiger partial charge in [0.15, 0.2) is 6.61 Å². The molecule has 28 heavy (non-hydrogen) atoms. The summed E-state index contributed by atoms with van der Waals surface area (Å²) >= 11 is 0. The van der Waals surface area contributed by atoms with E-state index in [-0.39, 0.29) is 25.6 Å². The first-order chi connectivity index (χ1) is 13.1. The summed E-state index contributed by atoms with van der Waals surface area (Å²) in [4.78, 5) is 36.7. The zero-order valence-electron chi connectivity index (χ0n) is 15.9. The number of ether oxygens (including phenoxy) is 3. The molecule has 10 nitrogen and oxygen atoms in total. The van der Waals surface area contributed by atoms with Crippen molar-refractivity contribution >= 4 is 29.5 Å². The molecule has 1 aromatic carbocycles. The van der Waals surface area contributed by atoms with E-state index >= 15 is 0 Å². The third-order valence-electron chi connectivity index (χ3n) is 4.03. The largest absolute Gasteiger partial charge is 0.482 e. The van der Waals surface area contributed by atoms with Crippen molar-refractivity contribution in [2.24, 2.45) is 0 Å². The third kappa shape index (κ3) is 4.63. The van der Waals surface area contributed by atoms with Crippen LogP contribution < -0.4 is 20.3 Å². The number of carbonyl (C=O) groups excluding carboxylic acids is 3. The van der Waals surface area contributed by atoms with E-state index in [1.165, 1.54) is 4.90 Å². The maximum absolute atomic E-state index is 12.2. The van der Waals surface area contributed by atoms with Gasteiger partial charge in [-0.15, -0.1) is 0 Å². The number of cyclic esters (lactones) is 1. The second-order valence-corrected chi connectivity index (χ2v) is 7.50. The number of rotatable bonds is 4. The van der Waals surface area contributed by atoms with Crippen molar-refractivity contribution in [1.82, 2.24) is 5.32 Å². The number of hydrogen-bond acceptors (Lipinski definition) is 7. The average molecular weight is 393 g/mol. The maximum Gasteiger partial charge on any atom is 0.414 e. The molecule has 1 saturated heterocycles. The number of hydrogen-bond donors (Lipinski definition) is 3. The Morgan fingerprint density at radius 3 is 2.89 bits per heavy atom. The molecule has 2 heterocycles. The Morgan fingerprint density at radius 2 is 2.18 bits per heavy atom. The second-order valence-electron chi connectivity index (χ2n) is 7.50. The van der Waals surface area contributed by atoms with Gasteiger partial charge in [-0.3, -0.25) is 9.69 Å². The van der Waals surface area contributed by atoms with Crippen LogP contribution in [-0.2, 0) is 14.3 Å². The number of amides is 3. The minimum atomic E-state index is -1.11. The van der Waals surface area contributed by atoms with Crippen LogP contribution in [0.15, 0.2) is 18.2 Å². The molecule has 3 rings (SSSR count). The Balaban J connectivity index is 1.60. The Bertz CT molecular complexity index is 790. The predicted molar refractivity (Wildman–Crippen MR) is 98.4 cm³/mol. The molecule has 2 unspecified atom stereocenters. The quantitative estimate of drug-likeness (QED) is 0.702. The number of alkyl carbamates (subject to hydrolysis) is 1. The van der Waals surface area contributed by atoms with Crippen LogP contribution in [0.3, 0.4) is 0 Å². The number of aliphatic hydroxyl groups excluding tert-OH is 1. The molecule has 0 bridgehead atoms. The van der Waals surface area contributed by atoms with Crippen LogP contribution in [0.1, 0.15) is 20.8 Å². The molecule has 2 aliphatic heterocycles. The Labute approximate surface area is 161 Å². The highest BCUT2D eigenvalue weighted by Gasteiger charge is 2.37. The highest BCUT2D eigenvalue weighted by atomic mass is 16.6. The molecular weight excluding hydrogens is 370 g/mol. The minimum absolute atomic E-state index is 0.0585. The van der Waals surface area contributed by atoms with Gasteiger partial charge >= 0.3 is 12.2 Å². The monoisotopic (exact) mass is 393 g/mol. The third-order valence-corrected chi connectivity index (χ3v) is 4.03. The van der Waals surface area contributed by atoms with Crippen molar-refractivity contribution < 1.29 is 33.7 Å². The number of carbonyl (C=O) groups is 3. The Morgan fingerprint density at radius 1 is 1.43 bits per heavy atom. The molecule has 0 spiro atoms. The zero-order valence-corrected chi connectivity index (χ0v) is 15.9. The van der Waals surface area contributed by atoms with Crippen molar-refractivity contribution in [3.63, 3.8) is 0 Å². The van der Waals surface area contributed by atoms with Gasteiger partial charge in [0.1, 0.15) is 23.6 Å². The first-order valence-electron chi connectivity index (χ1n) is 8.82. The van der Waals surface area contributed by atoms with Gasteiger partial charge < -0.3 is 30.0 Å². The fourth-order valence-electron chi connectivity index (χ4n) is 2.77. The fourth-order valence-corrected chi connectivity index (χ4v) is 2.77. The average Bonchev–Trinajstić information content (AvgIpc) is 2.99. The summed E-state index contributed by atoms with van der Waals surface area (Å²) < 4.78 is 15.6. The molecular formula is C18H23N3O7. The van der Waals surface area contributed by atoms with Gasteiger partial charge in [-0.25, -0.2) is 9.59 Å².